The highest BCUT2D eigenvalue weighted by molar-refractivity contribution is 5.75. The first-order chi connectivity index (χ1) is 8.74. The molecule has 0 saturated carbocycles. The smallest absolute Gasteiger partial charge is 0.227 e. The minimum atomic E-state index is -0.0228. The molecule has 2 rings (SSSR count). The van der Waals surface area contributed by atoms with Gasteiger partial charge in [-0.3, -0.25) is 4.79 Å². The first-order valence-electron chi connectivity index (χ1n) is 5.77. The zero-order valence-corrected chi connectivity index (χ0v) is 10.1. The van der Waals surface area contributed by atoms with Crippen molar-refractivity contribution < 1.29 is 9.32 Å². The van der Waals surface area contributed by atoms with Crippen LogP contribution in [0.2, 0.25) is 0 Å². The highest BCUT2D eigenvalue weighted by atomic mass is 16.5. The van der Waals surface area contributed by atoms with Crippen molar-refractivity contribution in [3.63, 3.8) is 0 Å². The second kappa shape index (κ2) is 5.95. The van der Waals surface area contributed by atoms with Gasteiger partial charge < -0.3 is 14.8 Å². The molecule has 2 aromatic rings. The number of amides is 1. The maximum atomic E-state index is 11.5. The molecule has 96 valence electrons. The molecule has 7 heteroatoms. The van der Waals surface area contributed by atoms with E-state index in [1.807, 2.05) is 0 Å². The summed E-state index contributed by atoms with van der Waals surface area (Å²) >= 11 is 0. The number of carbonyl (C=O) groups excluding carboxylic acids is 1. The third-order valence-electron chi connectivity index (χ3n) is 2.41. The number of rotatable bonds is 6. The number of aromatic amines is 1. The van der Waals surface area contributed by atoms with Crippen molar-refractivity contribution in [3.8, 4) is 0 Å². The summed E-state index contributed by atoms with van der Waals surface area (Å²) in [7, 11) is 0. The van der Waals surface area contributed by atoms with Crippen molar-refractivity contribution >= 4 is 5.91 Å². The van der Waals surface area contributed by atoms with Crippen molar-refractivity contribution in [2.24, 2.45) is 0 Å². The van der Waals surface area contributed by atoms with Crippen molar-refractivity contribution in [2.45, 2.75) is 26.2 Å². The fraction of sp³-hybridized carbons (Fsp3) is 0.455. The minimum absolute atomic E-state index is 0.0228. The number of imidazole rings is 1. The van der Waals surface area contributed by atoms with E-state index in [1.54, 1.807) is 19.4 Å². The Morgan fingerprint density at radius 2 is 2.39 bits per heavy atom. The maximum absolute atomic E-state index is 11.5. The molecule has 2 heterocycles. The Hall–Kier alpha value is -2.18. The normalized spacial score (nSPS) is 10.5. The van der Waals surface area contributed by atoms with E-state index in [9.17, 15) is 4.79 Å². The van der Waals surface area contributed by atoms with Gasteiger partial charge in [-0.25, -0.2) is 4.98 Å². The summed E-state index contributed by atoms with van der Waals surface area (Å²) in [6.45, 7) is 2.33. The third-order valence-corrected chi connectivity index (χ3v) is 2.41. The number of nitrogens with one attached hydrogen (secondary N) is 2. The average molecular weight is 249 g/mol. The van der Waals surface area contributed by atoms with Crippen molar-refractivity contribution in [1.82, 2.24) is 25.4 Å². The van der Waals surface area contributed by atoms with Gasteiger partial charge in [-0.2, -0.15) is 4.98 Å². The van der Waals surface area contributed by atoms with Gasteiger partial charge in [0.1, 0.15) is 0 Å². The van der Waals surface area contributed by atoms with E-state index in [4.69, 9.17) is 4.52 Å². The zero-order chi connectivity index (χ0) is 12.8. The van der Waals surface area contributed by atoms with Crippen LogP contribution in [0.4, 0.5) is 0 Å². The van der Waals surface area contributed by atoms with Crippen molar-refractivity contribution in [3.05, 3.63) is 29.9 Å². The molecule has 7 nitrogen and oxygen atoms in total. The number of hydrogen-bond acceptors (Lipinski definition) is 5. The number of aromatic nitrogens is 4. The second-order valence-electron chi connectivity index (χ2n) is 3.91. The Balaban J connectivity index is 1.63. The molecular weight excluding hydrogens is 234 g/mol. The largest absolute Gasteiger partial charge is 0.356 e. The van der Waals surface area contributed by atoms with Gasteiger partial charge in [0, 0.05) is 37.7 Å². The topological polar surface area (TPSA) is 96.7 Å². The highest BCUT2D eigenvalue weighted by Crippen LogP contribution is 1.99. The van der Waals surface area contributed by atoms with Crippen LogP contribution in [0.25, 0.3) is 0 Å². The molecule has 0 aliphatic rings. The monoisotopic (exact) mass is 249 g/mol. The fourth-order valence-electron chi connectivity index (χ4n) is 1.51. The molecule has 0 aliphatic heterocycles. The lowest BCUT2D eigenvalue weighted by molar-refractivity contribution is -0.121. The van der Waals surface area contributed by atoms with Crippen LogP contribution in [0.15, 0.2) is 17.0 Å². The molecule has 0 unspecified atom stereocenters. The van der Waals surface area contributed by atoms with Crippen LogP contribution in [0.1, 0.15) is 23.8 Å². The van der Waals surface area contributed by atoms with E-state index in [2.05, 4.69) is 25.4 Å². The summed E-state index contributed by atoms with van der Waals surface area (Å²) in [6.07, 6.45) is 4.93. The molecule has 18 heavy (non-hydrogen) atoms. The number of aryl methyl sites for hydroxylation is 2. The van der Waals surface area contributed by atoms with Gasteiger partial charge in [0.25, 0.3) is 0 Å². The molecule has 0 saturated heterocycles. The first kappa shape index (κ1) is 12.3. The van der Waals surface area contributed by atoms with Gasteiger partial charge in [-0.15, -0.1) is 0 Å². The van der Waals surface area contributed by atoms with Gasteiger partial charge in [0.15, 0.2) is 5.82 Å². The van der Waals surface area contributed by atoms with Gasteiger partial charge in [-0.1, -0.05) is 5.16 Å². The van der Waals surface area contributed by atoms with Gasteiger partial charge in [-0.05, 0) is 6.92 Å². The minimum Gasteiger partial charge on any atom is -0.356 e. The molecule has 2 aromatic heterocycles. The fourth-order valence-corrected chi connectivity index (χ4v) is 1.51. The van der Waals surface area contributed by atoms with Crippen molar-refractivity contribution in [2.75, 3.05) is 6.54 Å². The Morgan fingerprint density at radius 3 is 3.06 bits per heavy atom. The van der Waals surface area contributed by atoms with Crippen LogP contribution >= 0.6 is 0 Å². The van der Waals surface area contributed by atoms with Crippen LogP contribution in [0.3, 0.4) is 0 Å². The van der Waals surface area contributed by atoms with Gasteiger partial charge in [0.05, 0.1) is 6.33 Å². The predicted octanol–water partition coefficient (Wildman–Crippen LogP) is 0.393. The summed E-state index contributed by atoms with van der Waals surface area (Å²) in [5.74, 6) is 1.06. The van der Waals surface area contributed by atoms with E-state index in [1.165, 1.54) is 0 Å². The Morgan fingerprint density at radius 1 is 1.50 bits per heavy atom. The summed E-state index contributed by atoms with van der Waals surface area (Å²) in [4.78, 5) is 22.4. The summed E-state index contributed by atoms with van der Waals surface area (Å²) in [6, 6.07) is 0. The number of nitrogens with zero attached hydrogens (tertiary/aromatic N) is 3. The van der Waals surface area contributed by atoms with Crippen LogP contribution in [-0.2, 0) is 17.6 Å². The highest BCUT2D eigenvalue weighted by Gasteiger charge is 2.06. The molecule has 0 spiro atoms. The molecule has 0 aromatic carbocycles. The number of carbonyl (C=O) groups is 1. The van der Waals surface area contributed by atoms with E-state index >= 15 is 0 Å². The quantitative estimate of drug-likeness (QED) is 0.772. The van der Waals surface area contributed by atoms with Gasteiger partial charge >= 0.3 is 0 Å². The molecule has 0 fully saturated rings. The van der Waals surface area contributed by atoms with Crippen molar-refractivity contribution in [1.29, 1.82) is 0 Å². The van der Waals surface area contributed by atoms with E-state index in [-0.39, 0.29) is 5.91 Å². The molecular formula is C11H15N5O2. The van der Waals surface area contributed by atoms with Gasteiger partial charge in [0.2, 0.25) is 11.8 Å². The average Bonchev–Trinajstić information content (AvgIpc) is 2.98. The van der Waals surface area contributed by atoms with E-state index in [0.717, 1.165) is 12.1 Å². The zero-order valence-electron chi connectivity index (χ0n) is 10.1. The van der Waals surface area contributed by atoms with E-state index < -0.39 is 0 Å². The summed E-state index contributed by atoms with van der Waals surface area (Å²) in [5, 5.41) is 6.48. The third kappa shape index (κ3) is 3.69. The lowest BCUT2D eigenvalue weighted by Crippen LogP contribution is -2.25. The number of hydrogen-bond donors (Lipinski definition) is 2. The van der Waals surface area contributed by atoms with E-state index in [0.29, 0.717) is 31.1 Å². The molecule has 0 atom stereocenters. The Bertz CT molecular complexity index is 491. The van der Waals surface area contributed by atoms with Crippen LogP contribution < -0.4 is 5.32 Å². The lowest BCUT2D eigenvalue weighted by Gasteiger charge is -2.02. The Kier molecular flexibility index (Phi) is 4.06. The van der Waals surface area contributed by atoms with Crippen LogP contribution in [-0.4, -0.2) is 32.6 Å². The standard InChI is InChI=1S/C11H15N5O2/c1-8-15-11(18-16-8)3-2-10(17)13-5-4-9-6-12-7-14-9/h6-7H,2-5H2,1H3,(H,12,14)(H,13,17). The Labute approximate surface area is 104 Å². The predicted molar refractivity (Wildman–Crippen MR) is 62.7 cm³/mol. The molecule has 0 radical (unpaired) electrons. The maximum Gasteiger partial charge on any atom is 0.227 e. The van der Waals surface area contributed by atoms with Crippen LogP contribution in [0, 0.1) is 6.92 Å². The molecule has 1 amide bonds. The molecule has 0 bridgehead atoms. The first-order valence-corrected chi connectivity index (χ1v) is 5.77. The summed E-state index contributed by atoms with van der Waals surface area (Å²) in [5.41, 5.74) is 1.00. The molecule has 2 N–H and O–H groups in total. The SMILES string of the molecule is Cc1noc(CCC(=O)NCCc2cnc[nH]2)n1. The number of H-pyrrole nitrogens is 1. The second-order valence-corrected chi connectivity index (χ2v) is 3.91. The summed E-state index contributed by atoms with van der Waals surface area (Å²) < 4.78 is 4.92. The lowest BCUT2D eigenvalue weighted by atomic mass is 10.3. The molecule has 0 aliphatic carbocycles. The van der Waals surface area contributed by atoms with Crippen LogP contribution in [0.5, 0.6) is 0 Å².